The zero-order valence-electron chi connectivity index (χ0n) is 14.6. The van der Waals surface area contributed by atoms with E-state index in [0.29, 0.717) is 22.5 Å². The first-order valence-electron chi connectivity index (χ1n) is 8.71. The minimum Gasteiger partial charge on any atom is -0.466 e. The van der Waals surface area contributed by atoms with Crippen molar-refractivity contribution in [3.63, 3.8) is 0 Å². The Morgan fingerprint density at radius 3 is 2.62 bits per heavy atom. The van der Waals surface area contributed by atoms with Crippen molar-refractivity contribution in [2.45, 2.75) is 44.4 Å². The lowest BCUT2D eigenvalue weighted by molar-refractivity contribution is -0.142. The highest BCUT2D eigenvalue weighted by atomic mass is 35.5. The average Bonchev–Trinajstić information content (AvgIpc) is 3.26. The number of ether oxygens (including phenoxy) is 1. The maximum absolute atomic E-state index is 13.1. The molecule has 0 spiro atoms. The van der Waals surface area contributed by atoms with Crippen LogP contribution in [0.5, 0.6) is 0 Å². The molecule has 1 amide bonds. The van der Waals surface area contributed by atoms with Crippen LogP contribution in [0.2, 0.25) is 5.02 Å². The number of carbonyl (C=O) groups is 2. The molecular formula is C19H21ClN2O3S. The minimum absolute atomic E-state index is 0.0469. The fourth-order valence-electron chi connectivity index (χ4n) is 3.42. The van der Waals surface area contributed by atoms with E-state index in [2.05, 4.69) is 10.3 Å². The Balaban J connectivity index is 1.74. The van der Waals surface area contributed by atoms with Gasteiger partial charge in [-0.1, -0.05) is 36.6 Å². The SMILES string of the molecule is CCOC(=O)Cc1csc(NC(=O)C2(c3ccc(Cl)cc3)CCCC2)n1. The van der Waals surface area contributed by atoms with Crippen molar-refractivity contribution >= 4 is 39.9 Å². The van der Waals surface area contributed by atoms with E-state index >= 15 is 0 Å². The summed E-state index contributed by atoms with van der Waals surface area (Å²) in [7, 11) is 0. The smallest absolute Gasteiger partial charge is 0.311 e. The summed E-state index contributed by atoms with van der Waals surface area (Å²) in [6, 6.07) is 7.51. The lowest BCUT2D eigenvalue weighted by Gasteiger charge is -2.27. The van der Waals surface area contributed by atoms with Crippen LogP contribution in [0, 0.1) is 0 Å². The minimum atomic E-state index is -0.544. The van der Waals surface area contributed by atoms with Crippen LogP contribution in [0.1, 0.15) is 43.9 Å². The van der Waals surface area contributed by atoms with Crippen molar-refractivity contribution in [2.75, 3.05) is 11.9 Å². The first-order chi connectivity index (χ1) is 12.5. The molecule has 0 unspecified atom stereocenters. The van der Waals surface area contributed by atoms with Crippen molar-refractivity contribution in [3.05, 3.63) is 45.9 Å². The first kappa shape index (κ1) is 18.9. The van der Waals surface area contributed by atoms with Crippen molar-refractivity contribution in [2.24, 2.45) is 0 Å². The highest BCUT2D eigenvalue weighted by Gasteiger charge is 2.42. The standard InChI is InChI=1S/C19H21ClN2O3S/c1-2-25-16(23)11-15-12-26-18(21-15)22-17(24)19(9-3-4-10-19)13-5-7-14(20)8-6-13/h5-8,12H,2-4,9-11H2,1H3,(H,21,22,24). The van der Waals surface area contributed by atoms with Gasteiger partial charge in [-0.05, 0) is 37.5 Å². The summed E-state index contributed by atoms with van der Waals surface area (Å²) in [6.07, 6.45) is 3.76. The Labute approximate surface area is 161 Å². The number of benzene rings is 1. The summed E-state index contributed by atoms with van der Waals surface area (Å²) in [4.78, 5) is 29.0. The lowest BCUT2D eigenvalue weighted by Crippen LogP contribution is -2.37. The number of nitrogens with zero attached hydrogens (tertiary/aromatic N) is 1. The Bertz CT molecular complexity index is 782. The van der Waals surface area contributed by atoms with Crippen LogP contribution in [0.4, 0.5) is 5.13 Å². The number of carbonyl (C=O) groups excluding carboxylic acids is 2. The van der Waals surface area contributed by atoms with E-state index < -0.39 is 5.41 Å². The molecular weight excluding hydrogens is 372 g/mol. The summed E-state index contributed by atoms with van der Waals surface area (Å²) in [5.74, 6) is -0.363. The molecule has 1 heterocycles. The molecule has 1 fully saturated rings. The van der Waals surface area contributed by atoms with E-state index in [1.54, 1.807) is 12.3 Å². The number of hydrogen-bond donors (Lipinski definition) is 1. The van der Waals surface area contributed by atoms with Crippen LogP contribution < -0.4 is 5.32 Å². The predicted octanol–water partition coefficient (Wildman–Crippen LogP) is 4.35. The van der Waals surface area contributed by atoms with E-state index in [-0.39, 0.29) is 18.3 Å². The molecule has 7 heteroatoms. The van der Waals surface area contributed by atoms with Gasteiger partial charge in [-0.25, -0.2) is 4.98 Å². The molecule has 1 aromatic carbocycles. The largest absolute Gasteiger partial charge is 0.466 e. The van der Waals surface area contributed by atoms with Gasteiger partial charge in [0.2, 0.25) is 5.91 Å². The van der Waals surface area contributed by atoms with Crippen molar-refractivity contribution in [1.29, 1.82) is 0 Å². The number of thiazole rings is 1. The zero-order valence-corrected chi connectivity index (χ0v) is 16.2. The van der Waals surface area contributed by atoms with Gasteiger partial charge in [0.15, 0.2) is 5.13 Å². The second-order valence-corrected chi connectivity index (χ2v) is 7.67. The summed E-state index contributed by atoms with van der Waals surface area (Å²) >= 11 is 7.31. The van der Waals surface area contributed by atoms with Gasteiger partial charge < -0.3 is 10.1 Å². The molecule has 1 aromatic heterocycles. The molecule has 0 saturated heterocycles. The van der Waals surface area contributed by atoms with Crippen molar-refractivity contribution < 1.29 is 14.3 Å². The van der Waals surface area contributed by atoms with Gasteiger partial charge in [0.25, 0.3) is 0 Å². The molecule has 2 aromatic rings. The second-order valence-electron chi connectivity index (χ2n) is 6.38. The Hall–Kier alpha value is -1.92. The second kappa shape index (κ2) is 8.18. The Morgan fingerprint density at radius 1 is 1.27 bits per heavy atom. The third kappa shape index (κ3) is 4.07. The van der Waals surface area contributed by atoms with Gasteiger partial charge in [-0.3, -0.25) is 9.59 Å². The van der Waals surface area contributed by atoms with Crippen LogP contribution in [0.25, 0.3) is 0 Å². The summed E-state index contributed by atoms with van der Waals surface area (Å²) in [6.45, 7) is 2.11. The normalized spacial score (nSPS) is 15.6. The van der Waals surface area contributed by atoms with Gasteiger partial charge in [0, 0.05) is 10.4 Å². The Morgan fingerprint density at radius 2 is 1.96 bits per heavy atom. The van der Waals surface area contributed by atoms with Gasteiger partial charge in [0.05, 0.1) is 24.1 Å². The van der Waals surface area contributed by atoms with E-state index in [4.69, 9.17) is 16.3 Å². The molecule has 0 aliphatic heterocycles. The number of aromatic nitrogens is 1. The van der Waals surface area contributed by atoms with Gasteiger partial charge >= 0.3 is 5.97 Å². The summed E-state index contributed by atoms with van der Waals surface area (Å²) < 4.78 is 4.93. The average molecular weight is 393 g/mol. The van der Waals surface area contributed by atoms with Crippen molar-refractivity contribution in [1.82, 2.24) is 4.98 Å². The maximum Gasteiger partial charge on any atom is 0.311 e. The molecule has 1 aliphatic carbocycles. The summed E-state index contributed by atoms with van der Waals surface area (Å²) in [5, 5.41) is 5.89. The van der Waals surface area contributed by atoms with E-state index in [1.807, 2.05) is 24.3 Å². The number of nitrogens with one attached hydrogen (secondary N) is 1. The van der Waals surface area contributed by atoms with Crippen LogP contribution in [-0.4, -0.2) is 23.5 Å². The molecule has 0 bridgehead atoms. The molecule has 138 valence electrons. The van der Waals surface area contributed by atoms with Crippen LogP contribution >= 0.6 is 22.9 Å². The molecule has 5 nitrogen and oxygen atoms in total. The third-order valence-corrected chi connectivity index (χ3v) is 5.75. The molecule has 0 radical (unpaired) electrons. The number of rotatable bonds is 6. The van der Waals surface area contributed by atoms with Crippen LogP contribution in [0.15, 0.2) is 29.6 Å². The van der Waals surface area contributed by atoms with E-state index in [1.165, 1.54) is 11.3 Å². The number of esters is 1. The molecule has 26 heavy (non-hydrogen) atoms. The van der Waals surface area contributed by atoms with Gasteiger partial charge in [-0.2, -0.15) is 0 Å². The fourth-order valence-corrected chi connectivity index (χ4v) is 4.25. The predicted molar refractivity (Wildman–Crippen MR) is 103 cm³/mol. The molecule has 3 rings (SSSR count). The molecule has 0 atom stereocenters. The zero-order chi connectivity index (χ0) is 18.6. The van der Waals surface area contributed by atoms with Gasteiger partial charge in [0.1, 0.15) is 0 Å². The molecule has 1 aliphatic rings. The molecule has 1 N–H and O–H groups in total. The first-order valence-corrected chi connectivity index (χ1v) is 9.97. The highest BCUT2D eigenvalue weighted by Crippen LogP contribution is 2.42. The van der Waals surface area contributed by atoms with Gasteiger partial charge in [-0.15, -0.1) is 11.3 Å². The van der Waals surface area contributed by atoms with Crippen molar-refractivity contribution in [3.8, 4) is 0 Å². The lowest BCUT2D eigenvalue weighted by atomic mass is 9.78. The van der Waals surface area contributed by atoms with E-state index in [0.717, 1.165) is 31.2 Å². The third-order valence-electron chi connectivity index (χ3n) is 4.69. The Kier molecular flexibility index (Phi) is 5.94. The number of hydrogen-bond acceptors (Lipinski definition) is 5. The number of halogens is 1. The molecule has 1 saturated carbocycles. The fraction of sp³-hybridized carbons (Fsp3) is 0.421. The quantitative estimate of drug-likeness (QED) is 0.742. The summed E-state index contributed by atoms with van der Waals surface area (Å²) in [5.41, 5.74) is 1.05. The topological polar surface area (TPSA) is 68.3 Å². The monoisotopic (exact) mass is 392 g/mol. The van der Waals surface area contributed by atoms with Crippen LogP contribution in [-0.2, 0) is 26.2 Å². The maximum atomic E-state index is 13.1. The number of amides is 1. The number of anilines is 1. The highest BCUT2D eigenvalue weighted by molar-refractivity contribution is 7.14. The van der Waals surface area contributed by atoms with E-state index in [9.17, 15) is 9.59 Å². The van der Waals surface area contributed by atoms with Crippen LogP contribution in [0.3, 0.4) is 0 Å².